The van der Waals surface area contributed by atoms with Crippen LogP contribution in [0.25, 0.3) is 38.7 Å². The van der Waals surface area contributed by atoms with E-state index in [1.54, 1.807) is 18.6 Å². The molecule has 186 valence electrons. The van der Waals surface area contributed by atoms with E-state index in [-0.39, 0.29) is 12.0 Å². The van der Waals surface area contributed by atoms with Crippen molar-refractivity contribution >= 4 is 33.9 Å². The Hall–Kier alpha value is -5.15. The Labute approximate surface area is 217 Å². The van der Waals surface area contributed by atoms with Crippen molar-refractivity contribution in [3.63, 3.8) is 0 Å². The van der Waals surface area contributed by atoms with E-state index >= 15 is 0 Å². The summed E-state index contributed by atoms with van der Waals surface area (Å²) in [5.74, 6) is 6.90. The predicted molar refractivity (Wildman–Crippen MR) is 147 cm³/mol. The molecule has 5 aromatic rings. The van der Waals surface area contributed by atoms with Crippen LogP contribution >= 0.6 is 0 Å². The number of nitrogens with zero attached hydrogens (tertiary/aromatic N) is 4. The van der Waals surface area contributed by atoms with Crippen LogP contribution < -0.4 is 16.7 Å². The molecule has 7 rings (SSSR count). The first kappa shape index (κ1) is 22.1. The Morgan fingerprint density at radius 3 is 2.66 bits per heavy atom. The standard InChI is InChI=1S/C29H23N7O2/c1-17-20-12-11-19(13-22(20)33-32-17)27-28-23(14-31-16-35(28)30)36(34-27)15-25-26(18-7-3-2-4-8-18)29(37)21-9-5-6-10-24(21)38-25/h2-14,16,34H,15,30H2,1H3,(H,32,33). The van der Waals surface area contributed by atoms with Gasteiger partial charge < -0.3 is 4.42 Å². The van der Waals surface area contributed by atoms with Gasteiger partial charge in [0.25, 0.3) is 0 Å². The molecule has 0 amide bonds. The third-order valence-corrected chi connectivity index (χ3v) is 6.93. The maximum absolute atomic E-state index is 13.7. The van der Waals surface area contributed by atoms with E-state index in [9.17, 15) is 4.79 Å². The molecule has 0 saturated heterocycles. The molecule has 0 unspecified atom stereocenters. The van der Waals surface area contributed by atoms with E-state index in [0.29, 0.717) is 22.3 Å². The zero-order valence-electron chi connectivity index (χ0n) is 20.5. The predicted octanol–water partition coefficient (Wildman–Crippen LogP) is 4.39. The van der Waals surface area contributed by atoms with Crippen LogP contribution in [-0.4, -0.2) is 26.6 Å². The molecule has 9 heteroatoms. The minimum atomic E-state index is -0.0731. The minimum absolute atomic E-state index is 0.0731. The van der Waals surface area contributed by atoms with Gasteiger partial charge in [0.2, 0.25) is 5.43 Å². The van der Waals surface area contributed by atoms with Crippen molar-refractivity contribution in [2.24, 2.45) is 10.8 Å². The second-order valence-electron chi connectivity index (χ2n) is 9.28. The fourth-order valence-corrected chi connectivity index (χ4v) is 5.10. The number of aliphatic imine (C=N–C) groups is 1. The van der Waals surface area contributed by atoms with Crippen molar-refractivity contribution in [3.05, 3.63) is 118 Å². The van der Waals surface area contributed by atoms with E-state index < -0.39 is 0 Å². The summed E-state index contributed by atoms with van der Waals surface area (Å²) in [6.45, 7) is 2.25. The number of aryl methyl sites for hydroxylation is 1. The molecule has 0 bridgehead atoms. The first-order valence-corrected chi connectivity index (χ1v) is 12.2. The average Bonchev–Trinajstić information content (AvgIpc) is 3.50. The van der Waals surface area contributed by atoms with Gasteiger partial charge in [-0.1, -0.05) is 54.6 Å². The zero-order valence-corrected chi connectivity index (χ0v) is 20.5. The van der Waals surface area contributed by atoms with Crippen LogP contribution in [0.4, 0.5) is 0 Å². The molecule has 0 saturated carbocycles. The maximum atomic E-state index is 13.7. The largest absolute Gasteiger partial charge is 0.458 e. The van der Waals surface area contributed by atoms with Gasteiger partial charge in [0.05, 0.1) is 34.9 Å². The summed E-state index contributed by atoms with van der Waals surface area (Å²) >= 11 is 0. The lowest BCUT2D eigenvalue weighted by atomic mass is 10.0. The van der Waals surface area contributed by atoms with Gasteiger partial charge in [0, 0.05) is 16.6 Å². The van der Waals surface area contributed by atoms with Crippen LogP contribution in [0.1, 0.15) is 17.0 Å². The fraction of sp³-hybridized carbons (Fsp3) is 0.0690. The Kier molecular flexibility index (Phi) is 4.92. The van der Waals surface area contributed by atoms with Crippen LogP contribution in [0.3, 0.4) is 0 Å². The maximum Gasteiger partial charge on any atom is 0.200 e. The number of hydrogen-bond acceptors (Lipinski definition) is 8. The summed E-state index contributed by atoms with van der Waals surface area (Å²) in [4.78, 5) is 18.0. The smallest absolute Gasteiger partial charge is 0.200 e. The molecular formula is C29H23N7O2. The molecule has 3 aromatic carbocycles. The number of benzene rings is 3. The molecule has 0 radical (unpaired) electrons. The van der Waals surface area contributed by atoms with E-state index in [4.69, 9.17) is 10.3 Å². The molecule has 2 aromatic heterocycles. The molecule has 0 aliphatic carbocycles. The minimum Gasteiger partial charge on any atom is -0.458 e. The monoisotopic (exact) mass is 501 g/mol. The van der Waals surface area contributed by atoms with Crippen molar-refractivity contribution < 1.29 is 4.42 Å². The van der Waals surface area contributed by atoms with Gasteiger partial charge >= 0.3 is 0 Å². The highest BCUT2D eigenvalue weighted by Gasteiger charge is 2.33. The molecule has 4 heterocycles. The van der Waals surface area contributed by atoms with Gasteiger partial charge in [-0.2, -0.15) is 5.10 Å². The zero-order chi connectivity index (χ0) is 25.8. The number of para-hydroxylation sites is 1. The molecule has 2 aliphatic heterocycles. The Bertz CT molecular complexity index is 1880. The van der Waals surface area contributed by atoms with Crippen LogP contribution in [0, 0.1) is 6.92 Å². The van der Waals surface area contributed by atoms with Crippen molar-refractivity contribution in [2.45, 2.75) is 13.5 Å². The molecule has 38 heavy (non-hydrogen) atoms. The Morgan fingerprint density at radius 1 is 0.974 bits per heavy atom. The van der Waals surface area contributed by atoms with Crippen LogP contribution in [0.15, 0.2) is 105 Å². The first-order chi connectivity index (χ1) is 18.6. The van der Waals surface area contributed by atoms with Crippen molar-refractivity contribution in [3.8, 4) is 11.1 Å². The Balaban J connectivity index is 1.35. The van der Waals surface area contributed by atoms with E-state index in [2.05, 4.69) is 20.6 Å². The summed E-state index contributed by atoms with van der Waals surface area (Å²) in [5.41, 5.74) is 10.4. The molecule has 0 fully saturated rings. The molecule has 0 spiro atoms. The molecule has 9 nitrogen and oxygen atoms in total. The normalized spacial score (nSPS) is 14.8. The summed E-state index contributed by atoms with van der Waals surface area (Å²) in [7, 11) is 0. The topological polar surface area (TPSA) is 116 Å². The lowest BCUT2D eigenvalue weighted by molar-refractivity contribution is 0.277. The molecule has 0 atom stereocenters. The van der Waals surface area contributed by atoms with Crippen molar-refractivity contribution in [2.75, 3.05) is 0 Å². The second kappa shape index (κ2) is 8.46. The number of rotatable bonds is 4. The van der Waals surface area contributed by atoms with Gasteiger partial charge in [0.15, 0.2) is 0 Å². The molecule has 2 aliphatic rings. The van der Waals surface area contributed by atoms with Gasteiger partial charge in [-0.05, 0) is 30.7 Å². The second-order valence-corrected chi connectivity index (χ2v) is 9.28. The third-order valence-electron chi connectivity index (χ3n) is 6.93. The van der Waals surface area contributed by atoms with E-state index in [0.717, 1.165) is 44.8 Å². The quantitative estimate of drug-likeness (QED) is 0.313. The SMILES string of the molecule is Cc1[nH]nc2cc(C3=C4C(=CN=CN4N)N(Cc4oc5ccccc5c(=O)c4-c4ccccc4)N3)ccc12. The number of aromatic nitrogens is 2. The number of nitrogens with one attached hydrogen (secondary N) is 2. The number of fused-ring (bicyclic) bond motifs is 3. The fourth-order valence-electron chi connectivity index (χ4n) is 5.10. The van der Waals surface area contributed by atoms with Crippen LogP contribution in [0.5, 0.6) is 0 Å². The highest BCUT2D eigenvalue weighted by atomic mass is 16.3. The number of nitrogens with two attached hydrogens (primary N) is 1. The Morgan fingerprint density at radius 2 is 1.79 bits per heavy atom. The molecular weight excluding hydrogens is 478 g/mol. The summed E-state index contributed by atoms with van der Waals surface area (Å²) in [5, 5.41) is 12.5. The van der Waals surface area contributed by atoms with Gasteiger partial charge in [-0.25, -0.2) is 10.8 Å². The first-order valence-electron chi connectivity index (χ1n) is 12.2. The molecule has 4 N–H and O–H groups in total. The third kappa shape index (κ3) is 3.40. The summed E-state index contributed by atoms with van der Waals surface area (Å²) < 4.78 is 6.37. The van der Waals surface area contributed by atoms with Gasteiger partial charge in [-0.15, -0.1) is 0 Å². The lowest BCUT2D eigenvalue weighted by Gasteiger charge is -2.25. The van der Waals surface area contributed by atoms with Gasteiger partial charge in [0.1, 0.15) is 29.1 Å². The number of hydrogen-bond donors (Lipinski definition) is 3. The lowest BCUT2D eigenvalue weighted by Crippen LogP contribution is -2.34. The highest BCUT2D eigenvalue weighted by Crippen LogP contribution is 2.36. The van der Waals surface area contributed by atoms with Gasteiger partial charge in [-0.3, -0.25) is 25.3 Å². The number of aromatic amines is 1. The van der Waals surface area contributed by atoms with Crippen molar-refractivity contribution in [1.82, 2.24) is 25.6 Å². The van der Waals surface area contributed by atoms with Crippen LogP contribution in [0.2, 0.25) is 0 Å². The average molecular weight is 502 g/mol. The number of hydrazine groups is 2. The van der Waals surface area contributed by atoms with E-state index in [1.165, 1.54) is 5.01 Å². The van der Waals surface area contributed by atoms with E-state index in [1.807, 2.05) is 78.7 Å². The summed E-state index contributed by atoms with van der Waals surface area (Å²) in [6, 6.07) is 23.0. The van der Waals surface area contributed by atoms with Crippen molar-refractivity contribution in [1.29, 1.82) is 0 Å². The highest BCUT2D eigenvalue weighted by molar-refractivity contribution is 5.87. The van der Waals surface area contributed by atoms with Crippen LogP contribution in [-0.2, 0) is 6.54 Å². The summed E-state index contributed by atoms with van der Waals surface area (Å²) in [6.07, 6.45) is 3.31. The number of H-pyrrole nitrogens is 1.